The van der Waals surface area contributed by atoms with Gasteiger partial charge in [-0.3, -0.25) is 4.98 Å². The zero-order valence-electron chi connectivity index (χ0n) is 8.20. The van der Waals surface area contributed by atoms with Gasteiger partial charge in [0.1, 0.15) is 5.82 Å². The molecule has 0 saturated carbocycles. The van der Waals surface area contributed by atoms with Crippen LogP contribution in [-0.2, 0) is 5.92 Å². The van der Waals surface area contributed by atoms with Crippen molar-refractivity contribution in [3.05, 3.63) is 65.7 Å². The van der Waals surface area contributed by atoms with Gasteiger partial charge in [-0.1, -0.05) is 0 Å². The van der Waals surface area contributed by atoms with Gasteiger partial charge < -0.3 is 0 Å². The predicted octanol–water partition coefficient (Wildman–Crippen LogP) is 3.36. The van der Waals surface area contributed by atoms with Crippen LogP contribution in [0.25, 0.3) is 0 Å². The summed E-state index contributed by atoms with van der Waals surface area (Å²) in [6.07, 6.45) is 2.60. The Balaban J connectivity index is 2.43. The molecule has 2 aromatic rings. The average Bonchev–Trinajstić information content (AvgIpc) is 2.31. The van der Waals surface area contributed by atoms with Crippen LogP contribution in [0.3, 0.4) is 0 Å². The number of halogens is 3. The van der Waals surface area contributed by atoms with E-state index in [1.807, 2.05) is 0 Å². The molecule has 2 rings (SSSR count). The lowest BCUT2D eigenvalue weighted by Gasteiger charge is -2.16. The molecule has 0 aliphatic carbocycles. The molecule has 0 unspecified atom stereocenters. The van der Waals surface area contributed by atoms with Crippen LogP contribution in [0.2, 0.25) is 0 Å². The van der Waals surface area contributed by atoms with Gasteiger partial charge in [0.15, 0.2) is 0 Å². The van der Waals surface area contributed by atoms with Gasteiger partial charge >= 0.3 is 0 Å². The zero-order valence-corrected chi connectivity index (χ0v) is 8.20. The minimum absolute atomic E-state index is 0.158. The van der Waals surface area contributed by atoms with Crippen LogP contribution < -0.4 is 0 Å². The highest BCUT2D eigenvalue weighted by Gasteiger charge is 2.33. The van der Waals surface area contributed by atoms with Gasteiger partial charge in [-0.15, -0.1) is 0 Å². The minimum atomic E-state index is -3.13. The highest BCUT2D eigenvalue weighted by atomic mass is 19.3. The number of hydrogen-bond acceptors (Lipinski definition) is 1. The first kappa shape index (κ1) is 10.7. The maximum Gasteiger partial charge on any atom is 0.298 e. The van der Waals surface area contributed by atoms with Crippen LogP contribution in [-0.4, -0.2) is 4.98 Å². The fourth-order valence-electron chi connectivity index (χ4n) is 1.39. The maximum absolute atomic E-state index is 13.9. The molecule has 0 amide bonds. The molecule has 0 saturated heterocycles. The summed E-state index contributed by atoms with van der Waals surface area (Å²) in [5.41, 5.74) is -0.394. The van der Waals surface area contributed by atoms with Gasteiger partial charge in [0.2, 0.25) is 0 Å². The van der Waals surface area contributed by atoms with Gasteiger partial charge in [-0.05, 0) is 36.4 Å². The predicted molar refractivity (Wildman–Crippen MR) is 53.6 cm³/mol. The van der Waals surface area contributed by atoms with E-state index in [9.17, 15) is 13.2 Å². The van der Waals surface area contributed by atoms with E-state index >= 15 is 0 Å². The molecule has 16 heavy (non-hydrogen) atoms. The average molecular weight is 223 g/mol. The van der Waals surface area contributed by atoms with Crippen molar-refractivity contribution in [3.63, 3.8) is 0 Å². The van der Waals surface area contributed by atoms with Crippen molar-refractivity contribution in [2.24, 2.45) is 0 Å². The molecule has 0 bridgehead atoms. The molecule has 4 heteroatoms. The largest absolute Gasteiger partial charge is 0.298 e. The fourth-order valence-corrected chi connectivity index (χ4v) is 1.39. The van der Waals surface area contributed by atoms with Crippen LogP contribution in [0, 0.1) is 5.82 Å². The second-order valence-electron chi connectivity index (χ2n) is 3.32. The van der Waals surface area contributed by atoms with Crippen LogP contribution in [0.4, 0.5) is 13.2 Å². The third-order valence-corrected chi connectivity index (χ3v) is 2.25. The van der Waals surface area contributed by atoms with E-state index in [-0.39, 0.29) is 11.1 Å². The molecule has 0 N–H and O–H groups in total. The fraction of sp³-hybridized carbons (Fsp3) is 0.0833. The first-order valence-electron chi connectivity index (χ1n) is 4.65. The topological polar surface area (TPSA) is 12.9 Å². The van der Waals surface area contributed by atoms with Gasteiger partial charge in [0, 0.05) is 23.5 Å². The van der Waals surface area contributed by atoms with Crippen molar-refractivity contribution in [3.8, 4) is 0 Å². The van der Waals surface area contributed by atoms with Gasteiger partial charge in [0.05, 0.1) is 0 Å². The van der Waals surface area contributed by atoms with E-state index in [2.05, 4.69) is 4.98 Å². The molecule has 0 atom stereocenters. The summed E-state index contributed by atoms with van der Waals surface area (Å²) in [7, 11) is 0. The van der Waals surface area contributed by atoms with Gasteiger partial charge in [0.25, 0.3) is 5.92 Å². The zero-order chi connectivity index (χ0) is 11.6. The van der Waals surface area contributed by atoms with E-state index in [1.54, 1.807) is 0 Å². The molecule has 0 radical (unpaired) electrons. The second kappa shape index (κ2) is 3.96. The number of hydrogen-bond donors (Lipinski definition) is 0. The van der Waals surface area contributed by atoms with Crippen molar-refractivity contribution in [2.45, 2.75) is 5.92 Å². The SMILES string of the molecule is Fc1ccc(C(F)(F)c2ccncc2)cc1. The Morgan fingerprint density at radius 1 is 0.812 bits per heavy atom. The van der Waals surface area contributed by atoms with E-state index in [4.69, 9.17) is 0 Å². The lowest BCUT2D eigenvalue weighted by atomic mass is 10.0. The van der Waals surface area contributed by atoms with Gasteiger partial charge in [-0.2, -0.15) is 8.78 Å². The Bertz CT molecular complexity index is 465. The monoisotopic (exact) mass is 223 g/mol. The van der Waals surface area contributed by atoms with E-state index in [1.165, 1.54) is 24.5 Å². The van der Waals surface area contributed by atoms with Gasteiger partial charge in [-0.25, -0.2) is 4.39 Å². The molecule has 82 valence electrons. The Hall–Kier alpha value is -1.84. The summed E-state index contributed by atoms with van der Waals surface area (Å²) >= 11 is 0. The number of alkyl halides is 2. The lowest BCUT2D eigenvalue weighted by molar-refractivity contribution is 0.0427. The number of nitrogens with zero attached hydrogens (tertiary/aromatic N) is 1. The highest BCUT2D eigenvalue weighted by Crippen LogP contribution is 2.34. The summed E-state index contributed by atoms with van der Waals surface area (Å²) < 4.78 is 40.4. The Morgan fingerprint density at radius 2 is 1.31 bits per heavy atom. The molecule has 0 spiro atoms. The number of pyridine rings is 1. The van der Waals surface area contributed by atoms with Crippen molar-refractivity contribution >= 4 is 0 Å². The van der Waals surface area contributed by atoms with Crippen molar-refractivity contribution in [2.75, 3.05) is 0 Å². The molecular weight excluding hydrogens is 215 g/mol. The van der Waals surface area contributed by atoms with Crippen LogP contribution >= 0.6 is 0 Å². The Morgan fingerprint density at radius 3 is 1.88 bits per heavy atom. The van der Waals surface area contributed by atoms with Crippen LogP contribution in [0.5, 0.6) is 0 Å². The van der Waals surface area contributed by atoms with Crippen molar-refractivity contribution < 1.29 is 13.2 Å². The summed E-state index contributed by atoms with van der Waals surface area (Å²) in [5.74, 6) is -3.66. The van der Waals surface area contributed by atoms with Crippen LogP contribution in [0.1, 0.15) is 11.1 Å². The van der Waals surface area contributed by atoms with Crippen molar-refractivity contribution in [1.29, 1.82) is 0 Å². The molecule has 1 nitrogen and oxygen atoms in total. The standard InChI is InChI=1S/C12H8F3N/c13-11-3-1-9(2-4-11)12(14,15)10-5-7-16-8-6-10/h1-8H. The number of aromatic nitrogens is 1. The second-order valence-corrected chi connectivity index (χ2v) is 3.32. The molecule has 1 aromatic heterocycles. The summed E-state index contributed by atoms with van der Waals surface area (Å²) in [6.45, 7) is 0. The Kier molecular flexibility index (Phi) is 2.64. The molecular formula is C12H8F3N. The smallest absolute Gasteiger partial charge is 0.265 e. The molecule has 0 fully saturated rings. The quantitative estimate of drug-likeness (QED) is 0.760. The normalized spacial score (nSPS) is 11.4. The van der Waals surface area contributed by atoms with Crippen molar-refractivity contribution in [1.82, 2.24) is 4.98 Å². The summed E-state index contributed by atoms with van der Waals surface area (Å²) in [6, 6.07) is 6.67. The van der Waals surface area contributed by atoms with Crippen LogP contribution in [0.15, 0.2) is 48.8 Å². The third kappa shape index (κ3) is 1.91. The highest BCUT2D eigenvalue weighted by molar-refractivity contribution is 5.32. The third-order valence-electron chi connectivity index (χ3n) is 2.25. The summed E-state index contributed by atoms with van der Waals surface area (Å²) in [5, 5.41) is 0. The molecule has 0 aliphatic heterocycles. The first-order chi connectivity index (χ1) is 7.60. The van der Waals surface area contributed by atoms with E-state index in [0.29, 0.717) is 0 Å². The summed E-state index contributed by atoms with van der Waals surface area (Å²) in [4.78, 5) is 3.67. The first-order valence-corrected chi connectivity index (χ1v) is 4.65. The molecule has 1 heterocycles. The molecule has 1 aromatic carbocycles. The minimum Gasteiger partial charge on any atom is -0.265 e. The van der Waals surface area contributed by atoms with E-state index in [0.717, 1.165) is 24.3 Å². The lowest BCUT2D eigenvalue weighted by Crippen LogP contribution is -2.15. The number of benzene rings is 1. The molecule has 0 aliphatic rings. The maximum atomic E-state index is 13.9. The van der Waals surface area contributed by atoms with E-state index < -0.39 is 11.7 Å². The Labute approximate surface area is 90.6 Å². The number of rotatable bonds is 2.